The smallest absolute Gasteiger partial charge is 0.260 e. The van der Waals surface area contributed by atoms with Gasteiger partial charge in [-0.05, 0) is 25.1 Å². The first kappa shape index (κ1) is 11.2. The summed E-state index contributed by atoms with van der Waals surface area (Å²) in [6.07, 6.45) is 1.07. The van der Waals surface area contributed by atoms with Crippen LogP contribution in [-0.2, 0) is 0 Å². The number of hydrogen-bond acceptors (Lipinski definition) is 4. The molecule has 5 nitrogen and oxygen atoms in total. The second-order valence-electron chi connectivity index (χ2n) is 4.50. The van der Waals surface area contributed by atoms with Crippen molar-refractivity contribution in [1.82, 2.24) is 15.3 Å². The molecule has 2 heterocycles. The van der Waals surface area contributed by atoms with Gasteiger partial charge in [-0.2, -0.15) is 0 Å². The van der Waals surface area contributed by atoms with Crippen LogP contribution in [0.4, 0.5) is 5.95 Å². The summed E-state index contributed by atoms with van der Waals surface area (Å²) in [5.74, 6) is 0.683. The first-order chi connectivity index (χ1) is 8.84. The number of rotatable bonds is 1. The van der Waals surface area contributed by atoms with Crippen LogP contribution in [0.5, 0.6) is 0 Å². The van der Waals surface area contributed by atoms with Crippen LogP contribution in [0.15, 0.2) is 29.1 Å². The maximum atomic E-state index is 12.0. The Labute approximate surface area is 105 Å². The predicted octanol–water partition coefficient (Wildman–Crippen LogP) is 0.723. The number of H-pyrrole nitrogens is 1. The summed E-state index contributed by atoms with van der Waals surface area (Å²) in [5, 5.41) is 3.98. The molecule has 1 aromatic carbocycles. The summed E-state index contributed by atoms with van der Waals surface area (Å²) >= 11 is 0. The minimum atomic E-state index is -0.0622. The molecule has 0 unspecified atom stereocenters. The van der Waals surface area contributed by atoms with Gasteiger partial charge < -0.3 is 10.2 Å². The molecule has 0 atom stereocenters. The number of anilines is 1. The second-order valence-corrected chi connectivity index (χ2v) is 4.50. The van der Waals surface area contributed by atoms with Gasteiger partial charge in [-0.3, -0.25) is 9.78 Å². The van der Waals surface area contributed by atoms with Crippen LogP contribution < -0.4 is 15.8 Å². The van der Waals surface area contributed by atoms with E-state index in [-0.39, 0.29) is 5.56 Å². The zero-order valence-electron chi connectivity index (χ0n) is 10.1. The quantitative estimate of drug-likeness (QED) is 0.776. The Kier molecular flexibility index (Phi) is 2.98. The van der Waals surface area contributed by atoms with Crippen molar-refractivity contribution in [3.63, 3.8) is 0 Å². The monoisotopic (exact) mass is 244 g/mol. The SMILES string of the molecule is O=c1[nH]c(N2CCCNCC2)nc2ccccc12. The molecular formula is C13H16N4O. The number of aromatic amines is 1. The minimum absolute atomic E-state index is 0.0622. The third-order valence-corrected chi connectivity index (χ3v) is 3.24. The van der Waals surface area contributed by atoms with Crippen molar-refractivity contribution < 1.29 is 0 Å². The Balaban J connectivity index is 2.04. The zero-order chi connectivity index (χ0) is 12.4. The Morgan fingerprint density at radius 1 is 1.17 bits per heavy atom. The van der Waals surface area contributed by atoms with Gasteiger partial charge >= 0.3 is 0 Å². The van der Waals surface area contributed by atoms with E-state index in [1.807, 2.05) is 18.2 Å². The van der Waals surface area contributed by atoms with Crippen LogP contribution in [0.2, 0.25) is 0 Å². The summed E-state index contributed by atoms with van der Waals surface area (Å²) in [5.41, 5.74) is 0.696. The van der Waals surface area contributed by atoms with E-state index in [9.17, 15) is 4.79 Å². The van der Waals surface area contributed by atoms with E-state index in [1.165, 1.54) is 0 Å². The minimum Gasteiger partial charge on any atom is -0.341 e. The van der Waals surface area contributed by atoms with Gasteiger partial charge in [0.1, 0.15) is 0 Å². The van der Waals surface area contributed by atoms with Crippen molar-refractivity contribution in [3.05, 3.63) is 34.6 Å². The molecule has 2 aromatic rings. The lowest BCUT2D eigenvalue weighted by Gasteiger charge is -2.20. The zero-order valence-corrected chi connectivity index (χ0v) is 10.1. The number of benzene rings is 1. The first-order valence-electron chi connectivity index (χ1n) is 6.29. The largest absolute Gasteiger partial charge is 0.341 e. The molecule has 0 radical (unpaired) electrons. The van der Waals surface area contributed by atoms with E-state index in [0.717, 1.165) is 38.1 Å². The third kappa shape index (κ3) is 2.09. The normalized spacial score (nSPS) is 16.8. The highest BCUT2D eigenvalue weighted by Gasteiger charge is 2.12. The highest BCUT2D eigenvalue weighted by Crippen LogP contribution is 2.12. The lowest BCUT2D eigenvalue weighted by molar-refractivity contribution is 0.724. The summed E-state index contributed by atoms with van der Waals surface area (Å²) in [6.45, 7) is 3.75. The molecular weight excluding hydrogens is 228 g/mol. The molecule has 2 N–H and O–H groups in total. The van der Waals surface area contributed by atoms with Crippen molar-refractivity contribution in [2.45, 2.75) is 6.42 Å². The molecule has 1 saturated heterocycles. The van der Waals surface area contributed by atoms with E-state index >= 15 is 0 Å². The van der Waals surface area contributed by atoms with Crippen molar-refractivity contribution in [2.75, 3.05) is 31.1 Å². The van der Waals surface area contributed by atoms with E-state index in [2.05, 4.69) is 20.2 Å². The van der Waals surface area contributed by atoms with Gasteiger partial charge in [0.25, 0.3) is 5.56 Å². The van der Waals surface area contributed by atoms with Crippen LogP contribution in [0.25, 0.3) is 10.9 Å². The Morgan fingerprint density at radius 3 is 3.00 bits per heavy atom. The van der Waals surface area contributed by atoms with Gasteiger partial charge in [0.15, 0.2) is 0 Å². The predicted molar refractivity (Wildman–Crippen MR) is 72.1 cm³/mol. The molecule has 0 aliphatic carbocycles. The second kappa shape index (κ2) is 4.78. The van der Waals surface area contributed by atoms with Gasteiger partial charge in [-0.15, -0.1) is 0 Å². The summed E-state index contributed by atoms with van der Waals surface area (Å²) in [4.78, 5) is 21.5. The van der Waals surface area contributed by atoms with E-state index in [1.54, 1.807) is 6.07 Å². The summed E-state index contributed by atoms with van der Waals surface area (Å²) < 4.78 is 0. The molecule has 3 rings (SSSR count). The first-order valence-corrected chi connectivity index (χ1v) is 6.29. The molecule has 1 aliphatic heterocycles. The maximum Gasteiger partial charge on any atom is 0.260 e. The topological polar surface area (TPSA) is 61.0 Å². The van der Waals surface area contributed by atoms with Gasteiger partial charge in [-0.1, -0.05) is 12.1 Å². The van der Waals surface area contributed by atoms with Crippen molar-refractivity contribution in [1.29, 1.82) is 0 Å². The number of para-hydroxylation sites is 1. The van der Waals surface area contributed by atoms with Gasteiger partial charge in [-0.25, -0.2) is 4.98 Å². The lowest BCUT2D eigenvalue weighted by Crippen LogP contribution is -2.31. The molecule has 5 heteroatoms. The molecule has 1 aliphatic rings. The van der Waals surface area contributed by atoms with Crippen LogP contribution in [0.1, 0.15) is 6.42 Å². The molecule has 0 amide bonds. The number of nitrogens with one attached hydrogen (secondary N) is 2. The van der Waals surface area contributed by atoms with Crippen molar-refractivity contribution in [2.24, 2.45) is 0 Å². The third-order valence-electron chi connectivity index (χ3n) is 3.24. The highest BCUT2D eigenvalue weighted by molar-refractivity contribution is 5.78. The number of fused-ring (bicyclic) bond motifs is 1. The fourth-order valence-electron chi connectivity index (χ4n) is 2.28. The van der Waals surface area contributed by atoms with E-state index < -0.39 is 0 Å². The molecule has 0 spiro atoms. The Bertz CT molecular complexity index is 599. The standard InChI is InChI=1S/C13H16N4O/c18-12-10-4-1-2-5-11(10)15-13(16-12)17-8-3-6-14-7-9-17/h1-2,4-5,14H,3,6-9H2,(H,15,16,18). The summed E-state index contributed by atoms with van der Waals surface area (Å²) in [7, 11) is 0. The average Bonchev–Trinajstić information content (AvgIpc) is 2.67. The molecule has 0 saturated carbocycles. The van der Waals surface area contributed by atoms with E-state index in [4.69, 9.17) is 0 Å². The van der Waals surface area contributed by atoms with Gasteiger partial charge in [0.2, 0.25) is 5.95 Å². The molecule has 0 bridgehead atoms. The highest BCUT2D eigenvalue weighted by atomic mass is 16.1. The molecule has 18 heavy (non-hydrogen) atoms. The van der Waals surface area contributed by atoms with Crippen LogP contribution in [-0.4, -0.2) is 36.1 Å². The molecule has 94 valence electrons. The van der Waals surface area contributed by atoms with Gasteiger partial charge in [0, 0.05) is 19.6 Å². The Morgan fingerprint density at radius 2 is 2.06 bits per heavy atom. The maximum absolute atomic E-state index is 12.0. The van der Waals surface area contributed by atoms with Crippen LogP contribution >= 0.6 is 0 Å². The molecule has 1 fully saturated rings. The molecule has 1 aromatic heterocycles. The number of aromatic nitrogens is 2. The Hall–Kier alpha value is -1.88. The lowest BCUT2D eigenvalue weighted by atomic mass is 10.2. The van der Waals surface area contributed by atoms with Crippen LogP contribution in [0.3, 0.4) is 0 Å². The fourth-order valence-corrected chi connectivity index (χ4v) is 2.28. The van der Waals surface area contributed by atoms with Crippen molar-refractivity contribution >= 4 is 16.9 Å². The van der Waals surface area contributed by atoms with Crippen molar-refractivity contribution in [3.8, 4) is 0 Å². The van der Waals surface area contributed by atoms with Crippen LogP contribution in [0, 0.1) is 0 Å². The van der Waals surface area contributed by atoms with Gasteiger partial charge in [0.05, 0.1) is 10.9 Å². The fraction of sp³-hybridized carbons (Fsp3) is 0.385. The average molecular weight is 244 g/mol. The van der Waals surface area contributed by atoms with E-state index in [0.29, 0.717) is 11.3 Å². The summed E-state index contributed by atoms with van der Waals surface area (Å²) in [6, 6.07) is 7.44. The number of nitrogens with zero attached hydrogens (tertiary/aromatic N) is 2. The number of hydrogen-bond donors (Lipinski definition) is 2.